The third-order valence-corrected chi connectivity index (χ3v) is 2.54. The zero-order valence-corrected chi connectivity index (χ0v) is 9.23. The van der Waals surface area contributed by atoms with Crippen molar-refractivity contribution < 1.29 is 5.11 Å². The Labute approximate surface area is 93.4 Å². The van der Waals surface area contributed by atoms with E-state index in [-0.39, 0.29) is 5.75 Å². The Hall–Kier alpha value is -2.10. The van der Waals surface area contributed by atoms with E-state index in [1.54, 1.807) is 13.1 Å². The van der Waals surface area contributed by atoms with Gasteiger partial charge in [0.1, 0.15) is 5.69 Å². The molecular weight excluding hydrogens is 202 g/mol. The molecule has 0 atom stereocenters. The van der Waals surface area contributed by atoms with Gasteiger partial charge in [-0.25, -0.2) is 0 Å². The van der Waals surface area contributed by atoms with Crippen molar-refractivity contribution in [2.45, 2.75) is 6.92 Å². The van der Waals surface area contributed by atoms with Crippen molar-refractivity contribution in [3.8, 4) is 5.75 Å². The summed E-state index contributed by atoms with van der Waals surface area (Å²) in [4.78, 5) is 0. The van der Waals surface area contributed by atoms with Gasteiger partial charge in [0.05, 0.1) is 0 Å². The summed E-state index contributed by atoms with van der Waals surface area (Å²) >= 11 is 0. The Balaban J connectivity index is 2.91. The van der Waals surface area contributed by atoms with Gasteiger partial charge in [0.2, 0.25) is 0 Å². The summed E-state index contributed by atoms with van der Waals surface area (Å²) in [5, 5.41) is 19.3. The molecule has 4 nitrogen and oxygen atoms in total. The number of aromatic hydroxyl groups is 1. The van der Waals surface area contributed by atoms with Gasteiger partial charge < -0.3 is 10.8 Å². The summed E-state index contributed by atoms with van der Waals surface area (Å²) in [6.07, 6.45) is 0. The van der Waals surface area contributed by atoms with Crippen LogP contribution in [-0.4, -0.2) is 12.2 Å². The van der Waals surface area contributed by atoms with Crippen molar-refractivity contribution >= 4 is 22.1 Å². The summed E-state index contributed by atoms with van der Waals surface area (Å²) in [6.45, 7) is 1.88. The van der Waals surface area contributed by atoms with Crippen LogP contribution in [0.5, 0.6) is 5.75 Å². The number of phenols is 1. The first-order valence-electron chi connectivity index (χ1n) is 4.95. The molecule has 0 bridgehead atoms. The lowest BCUT2D eigenvalue weighted by Crippen LogP contribution is -1.88. The number of fused-ring (bicyclic) bond motifs is 1. The quantitative estimate of drug-likeness (QED) is 0.566. The largest absolute Gasteiger partial charge is 0.505 e. The standard InChI is InChI=1S/C12H13N3O/c1-7-6-8-4-3-5-9(13)10(8)12(16)11(7)15-14-2/h3-6,16H,13H2,1-2H3. The maximum Gasteiger partial charge on any atom is 0.153 e. The Morgan fingerprint density at radius 2 is 2.06 bits per heavy atom. The van der Waals surface area contributed by atoms with E-state index in [2.05, 4.69) is 10.2 Å². The SMILES string of the molecule is CN=Nc1c(C)cc2cccc(N)c2c1O. The van der Waals surface area contributed by atoms with Crippen LogP contribution in [0.1, 0.15) is 5.56 Å². The molecule has 0 unspecified atom stereocenters. The van der Waals surface area contributed by atoms with Gasteiger partial charge in [-0.15, -0.1) is 0 Å². The maximum atomic E-state index is 10.1. The normalized spacial score (nSPS) is 11.4. The van der Waals surface area contributed by atoms with E-state index in [4.69, 9.17) is 5.73 Å². The van der Waals surface area contributed by atoms with Crippen LogP contribution in [0.15, 0.2) is 34.5 Å². The number of nitrogen functional groups attached to an aromatic ring is 1. The first-order chi connectivity index (χ1) is 7.65. The van der Waals surface area contributed by atoms with Crippen molar-refractivity contribution in [2.75, 3.05) is 12.8 Å². The number of anilines is 1. The van der Waals surface area contributed by atoms with E-state index < -0.39 is 0 Å². The summed E-state index contributed by atoms with van der Waals surface area (Å²) in [7, 11) is 1.57. The number of benzene rings is 2. The molecule has 0 aliphatic carbocycles. The number of azo groups is 1. The Morgan fingerprint density at radius 1 is 1.31 bits per heavy atom. The number of phenolic OH excluding ortho intramolecular Hbond substituents is 1. The molecular formula is C12H13N3O. The molecule has 0 amide bonds. The van der Waals surface area contributed by atoms with Gasteiger partial charge in [0.15, 0.2) is 5.75 Å². The fraction of sp³-hybridized carbons (Fsp3) is 0.167. The third-order valence-electron chi connectivity index (χ3n) is 2.54. The predicted octanol–water partition coefficient (Wildman–Crippen LogP) is 3.15. The monoisotopic (exact) mass is 215 g/mol. The van der Waals surface area contributed by atoms with Crippen LogP contribution < -0.4 is 5.73 Å². The lowest BCUT2D eigenvalue weighted by molar-refractivity contribution is 0.482. The van der Waals surface area contributed by atoms with Crippen molar-refractivity contribution in [2.24, 2.45) is 10.2 Å². The molecule has 3 N–H and O–H groups in total. The van der Waals surface area contributed by atoms with Gasteiger partial charge in [-0.2, -0.15) is 10.2 Å². The maximum absolute atomic E-state index is 10.1. The predicted molar refractivity (Wildman–Crippen MR) is 65.2 cm³/mol. The van der Waals surface area contributed by atoms with Crippen LogP contribution in [-0.2, 0) is 0 Å². The fourth-order valence-electron chi connectivity index (χ4n) is 1.82. The molecule has 2 rings (SSSR count). The van der Waals surface area contributed by atoms with Crippen molar-refractivity contribution in [1.29, 1.82) is 0 Å². The zero-order chi connectivity index (χ0) is 11.7. The molecule has 0 aromatic heterocycles. The fourth-order valence-corrected chi connectivity index (χ4v) is 1.82. The van der Waals surface area contributed by atoms with Crippen molar-refractivity contribution in [1.82, 2.24) is 0 Å². The van der Waals surface area contributed by atoms with Crippen LogP contribution in [0, 0.1) is 6.92 Å². The second-order valence-electron chi connectivity index (χ2n) is 3.64. The minimum Gasteiger partial charge on any atom is -0.505 e. The topological polar surface area (TPSA) is 71.0 Å². The average molecular weight is 215 g/mol. The van der Waals surface area contributed by atoms with E-state index in [0.29, 0.717) is 16.8 Å². The highest BCUT2D eigenvalue weighted by Crippen LogP contribution is 2.40. The molecule has 0 fully saturated rings. The number of rotatable bonds is 1. The van der Waals surface area contributed by atoms with Gasteiger partial charge in [0.25, 0.3) is 0 Å². The molecule has 2 aromatic carbocycles. The van der Waals surface area contributed by atoms with E-state index in [1.807, 2.05) is 25.1 Å². The molecule has 0 heterocycles. The number of hydrogen-bond acceptors (Lipinski definition) is 4. The van der Waals surface area contributed by atoms with E-state index in [1.165, 1.54) is 0 Å². The van der Waals surface area contributed by atoms with Gasteiger partial charge >= 0.3 is 0 Å². The van der Waals surface area contributed by atoms with Crippen LogP contribution in [0.25, 0.3) is 10.8 Å². The molecule has 82 valence electrons. The number of nitrogens with zero attached hydrogens (tertiary/aromatic N) is 2. The van der Waals surface area contributed by atoms with Crippen LogP contribution in [0.4, 0.5) is 11.4 Å². The van der Waals surface area contributed by atoms with Crippen molar-refractivity contribution in [3.63, 3.8) is 0 Å². The number of hydrogen-bond donors (Lipinski definition) is 2. The molecule has 0 spiro atoms. The highest BCUT2D eigenvalue weighted by molar-refractivity contribution is 6.01. The van der Waals surface area contributed by atoms with E-state index >= 15 is 0 Å². The second-order valence-corrected chi connectivity index (χ2v) is 3.64. The highest BCUT2D eigenvalue weighted by Gasteiger charge is 2.11. The van der Waals surface area contributed by atoms with Crippen molar-refractivity contribution in [3.05, 3.63) is 29.8 Å². The number of aryl methyl sites for hydroxylation is 1. The van der Waals surface area contributed by atoms with Crippen LogP contribution in [0.2, 0.25) is 0 Å². The van der Waals surface area contributed by atoms with Crippen LogP contribution in [0.3, 0.4) is 0 Å². The minimum absolute atomic E-state index is 0.0960. The first kappa shape index (κ1) is 10.4. The Bertz CT molecular complexity index is 576. The second kappa shape index (κ2) is 3.81. The highest BCUT2D eigenvalue weighted by atomic mass is 16.3. The lowest BCUT2D eigenvalue weighted by Gasteiger charge is -2.09. The molecule has 4 heteroatoms. The smallest absolute Gasteiger partial charge is 0.153 e. The van der Waals surface area contributed by atoms with Gasteiger partial charge in [0, 0.05) is 18.1 Å². The van der Waals surface area contributed by atoms with E-state index in [9.17, 15) is 5.11 Å². The molecule has 2 aromatic rings. The molecule has 0 saturated carbocycles. The lowest BCUT2D eigenvalue weighted by atomic mass is 10.0. The Morgan fingerprint density at radius 3 is 2.75 bits per heavy atom. The summed E-state index contributed by atoms with van der Waals surface area (Å²) in [5.74, 6) is 0.0960. The third kappa shape index (κ3) is 1.48. The summed E-state index contributed by atoms with van der Waals surface area (Å²) in [5.41, 5.74) is 7.74. The molecule has 0 radical (unpaired) electrons. The molecule has 0 saturated heterocycles. The van der Waals surface area contributed by atoms with Gasteiger partial charge in [-0.05, 0) is 30.0 Å². The molecule has 0 aliphatic rings. The minimum atomic E-state index is 0.0960. The first-order valence-corrected chi connectivity index (χ1v) is 4.95. The van der Waals surface area contributed by atoms with E-state index in [0.717, 1.165) is 10.9 Å². The average Bonchev–Trinajstić information content (AvgIpc) is 2.24. The molecule has 16 heavy (non-hydrogen) atoms. The van der Waals surface area contributed by atoms with Gasteiger partial charge in [-0.3, -0.25) is 0 Å². The molecule has 0 aliphatic heterocycles. The zero-order valence-electron chi connectivity index (χ0n) is 9.23. The summed E-state index contributed by atoms with van der Waals surface area (Å²) < 4.78 is 0. The van der Waals surface area contributed by atoms with Crippen LogP contribution >= 0.6 is 0 Å². The summed E-state index contributed by atoms with van der Waals surface area (Å²) in [6, 6.07) is 7.46. The van der Waals surface area contributed by atoms with Gasteiger partial charge in [-0.1, -0.05) is 12.1 Å². The number of nitrogens with two attached hydrogens (primary N) is 1. The Kier molecular flexibility index (Phi) is 2.48.